The zero-order valence-electron chi connectivity index (χ0n) is 19.5. The van der Waals surface area contributed by atoms with Crippen molar-refractivity contribution in [3.8, 4) is 0 Å². The van der Waals surface area contributed by atoms with E-state index in [9.17, 15) is 10.2 Å². The molecule has 29 heavy (non-hydrogen) atoms. The topological polar surface area (TPSA) is 40.5 Å². The van der Waals surface area contributed by atoms with Crippen molar-refractivity contribution < 1.29 is 10.2 Å². The van der Waals surface area contributed by atoms with Gasteiger partial charge in [0.1, 0.15) is 0 Å². The Balaban J connectivity index is 1.50. The predicted molar refractivity (Wildman–Crippen MR) is 120 cm³/mol. The molecule has 0 aromatic rings. The second-order valence-corrected chi connectivity index (χ2v) is 12.3. The molecule has 2 N–H and O–H groups in total. The second kappa shape index (κ2) is 7.97. The van der Waals surface area contributed by atoms with Gasteiger partial charge in [-0.2, -0.15) is 0 Å². The van der Waals surface area contributed by atoms with Gasteiger partial charge in [-0.1, -0.05) is 46.3 Å². The largest absolute Gasteiger partial charge is 0.393 e. The van der Waals surface area contributed by atoms with Crippen molar-refractivity contribution in [2.75, 3.05) is 0 Å². The summed E-state index contributed by atoms with van der Waals surface area (Å²) >= 11 is 0. The molecule has 0 heterocycles. The first kappa shape index (κ1) is 21.9. The first-order valence-corrected chi connectivity index (χ1v) is 12.7. The summed E-state index contributed by atoms with van der Waals surface area (Å²) in [5, 5.41) is 21.4. The molecule has 4 aliphatic carbocycles. The van der Waals surface area contributed by atoms with E-state index in [1.807, 2.05) is 0 Å². The SMILES string of the molecule is C=C(CCCC(C)C)[C@H]1CC[C@H]2[C@@H]3CC(O)C4CC(O)CC[C@]4(C)[C@H]3CC[C@]12C. The molecular weight excluding hydrogens is 356 g/mol. The summed E-state index contributed by atoms with van der Waals surface area (Å²) in [7, 11) is 0. The van der Waals surface area contributed by atoms with Crippen LogP contribution in [0.2, 0.25) is 0 Å². The molecule has 0 amide bonds. The van der Waals surface area contributed by atoms with Gasteiger partial charge in [-0.3, -0.25) is 0 Å². The maximum absolute atomic E-state index is 11.1. The zero-order chi connectivity index (χ0) is 21.0. The molecule has 0 radical (unpaired) electrons. The Bertz CT molecular complexity index is 612. The summed E-state index contributed by atoms with van der Waals surface area (Å²) in [6, 6.07) is 0. The van der Waals surface area contributed by atoms with Crippen molar-refractivity contribution in [1.29, 1.82) is 0 Å². The number of fused-ring (bicyclic) bond motifs is 5. The van der Waals surface area contributed by atoms with Crippen molar-refractivity contribution >= 4 is 0 Å². The monoisotopic (exact) mass is 402 g/mol. The Morgan fingerprint density at radius 1 is 0.931 bits per heavy atom. The minimum atomic E-state index is -0.216. The van der Waals surface area contributed by atoms with Gasteiger partial charge in [0.05, 0.1) is 12.2 Å². The Morgan fingerprint density at radius 2 is 1.62 bits per heavy atom. The molecule has 0 saturated heterocycles. The van der Waals surface area contributed by atoms with Crippen LogP contribution in [0, 0.1) is 46.3 Å². The van der Waals surface area contributed by atoms with Gasteiger partial charge in [0.15, 0.2) is 0 Å². The van der Waals surface area contributed by atoms with Gasteiger partial charge in [0.25, 0.3) is 0 Å². The highest BCUT2D eigenvalue weighted by Gasteiger charge is 2.62. The summed E-state index contributed by atoms with van der Waals surface area (Å²) in [6.45, 7) is 14.3. The highest BCUT2D eigenvalue weighted by Crippen LogP contribution is 2.68. The van der Waals surface area contributed by atoms with Gasteiger partial charge < -0.3 is 10.2 Å². The standard InChI is InChI=1S/C27H46O2/c1-17(2)7-6-8-18(3)21-9-10-22-20-16-25(29)24-15-19(28)11-13-27(24,5)23(20)12-14-26(21,22)4/h17,19-25,28-29H,3,6-16H2,1-2,4-5H3/t19?,20-,21+,22-,23-,24?,25?,26+,27+/m0/s1. The van der Waals surface area contributed by atoms with E-state index >= 15 is 0 Å². The van der Waals surface area contributed by atoms with Gasteiger partial charge in [0, 0.05) is 0 Å². The highest BCUT2D eigenvalue weighted by atomic mass is 16.3. The lowest BCUT2D eigenvalue weighted by Gasteiger charge is -2.62. The molecule has 4 saturated carbocycles. The van der Waals surface area contributed by atoms with Crippen LogP contribution < -0.4 is 0 Å². The van der Waals surface area contributed by atoms with Crippen LogP contribution in [0.1, 0.15) is 98.3 Å². The lowest BCUT2D eigenvalue weighted by atomic mass is 9.44. The van der Waals surface area contributed by atoms with Gasteiger partial charge >= 0.3 is 0 Å². The molecule has 0 spiro atoms. The van der Waals surface area contributed by atoms with E-state index in [1.54, 1.807) is 0 Å². The average molecular weight is 403 g/mol. The number of aliphatic hydroxyl groups excluding tert-OH is 2. The van der Waals surface area contributed by atoms with E-state index < -0.39 is 0 Å². The fourth-order valence-corrected chi connectivity index (χ4v) is 8.86. The zero-order valence-corrected chi connectivity index (χ0v) is 19.5. The number of hydrogen-bond donors (Lipinski definition) is 2. The van der Waals surface area contributed by atoms with E-state index in [0.717, 1.165) is 43.4 Å². The molecule has 4 rings (SSSR count). The smallest absolute Gasteiger partial charge is 0.0577 e. The highest BCUT2D eigenvalue weighted by molar-refractivity contribution is 5.17. The maximum Gasteiger partial charge on any atom is 0.0577 e. The third kappa shape index (κ3) is 3.65. The molecule has 0 aliphatic heterocycles. The summed E-state index contributed by atoms with van der Waals surface area (Å²) in [4.78, 5) is 0. The first-order chi connectivity index (χ1) is 13.7. The van der Waals surface area contributed by atoms with Crippen LogP contribution in [0.3, 0.4) is 0 Å². The van der Waals surface area contributed by atoms with Gasteiger partial charge in [-0.15, -0.1) is 0 Å². The average Bonchev–Trinajstić information content (AvgIpc) is 3.00. The quantitative estimate of drug-likeness (QED) is 0.525. The number of aliphatic hydroxyl groups is 2. The molecule has 166 valence electrons. The van der Waals surface area contributed by atoms with Crippen molar-refractivity contribution in [1.82, 2.24) is 0 Å². The van der Waals surface area contributed by atoms with E-state index in [2.05, 4.69) is 34.3 Å². The van der Waals surface area contributed by atoms with Gasteiger partial charge in [-0.25, -0.2) is 0 Å². The van der Waals surface area contributed by atoms with E-state index in [-0.39, 0.29) is 17.6 Å². The summed E-state index contributed by atoms with van der Waals surface area (Å²) in [5.74, 6) is 3.96. The molecule has 3 unspecified atom stereocenters. The normalized spacial score (nSPS) is 49.4. The third-order valence-electron chi connectivity index (χ3n) is 10.4. The van der Waals surface area contributed by atoms with Gasteiger partial charge in [-0.05, 0) is 111 Å². The summed E-state index contributed by atoms with van der Waals surface area (Å²) < 4.78 is 0. The Kier molecular flexibility index (Phi) is 6.01. The molecule has 9 atom stereocenters. The molecule has 2 heteroatoms. The Morgan fingerprint density at radius 3 is 2.34 bits per heavy atom. The molecular formula is C27H46O2. The molecule has 0 aromatic carbocycles. The van der Waals surface area contributed by atoms with Crippen LogP contribution in [0.25, 0.3) is 0 Å². The van der Waals surface area contributed by atoms with Crippen LogP contribution >= 0.6 is 0 Å². The van der Waals surface area contributed by atoms with E-state index in [1.165, 1.54) is 50.5 Å². The van der Waals surface area contributed by atoms with E-state index in [0.29, 0.717) is 23.2 Å². The molecule has 2 nitrogen and oxygen atoms in total. The lowest BCUT2D eigenvalue weighted by molar-refractivity contribution is -0.169. The molecule has 4 aliphatic rings. The Labute approximate surface area is 179 Å². The minimum Gasteiger partial charge on any atom is -0.393 e. The van der Waals surface area contributed by atoms with E-state index in [4.69, 9.17) is 0 Å². The summed E-state index contributed by atoms with van der Waals surface area (Å²) in [5.41, 5.74) is 2.15. The van der Waals surface area contributed by atoms with Crippen LogP contribution in [-0.2, 0) is 0 Å². The van der Waals surface area contributed by atoms with Crippen LogP contribution in [0.5, 0.6) is 0 Å². The predicted octanol–water partition coefficient (Wildman–Crippen LogP) is 6.36. The number of rotatable bonds is 5. The van der Waals surface area contributed by atoms with Crippen molar-refractivity contribution in [3.63, 3.8) is 0 Å². The minimum absolute atomic E-state index is 0.196. The van der Waals surface area contributed by atoms with Crippen LogP contribution in [0.4, 0.5) is 0 Å². The molecule has 0 bridgehead atoms. The maximum atomic E-state index is 11.1. The van der Waals surface area contributed by atoms with Crippen LogP contribution in [0.15, 0.2) is 12.2 Å². The summed E-state index contributed by atoms with van der Waals surface area (Å²) in [6.07, 6.45) is 12.5. The first-order valence-electron chi connectivity index (χ1n) is 12.7. The van der Waals surface area contributed by atoms with Crippen molar-refractivity contribution in [3.05, 3.63) is 12.2 Å². The molecule has 4 fully saturated rings. The van der Waals surface area contributed by atoms with Gasteiger partial charge in [0.2, 0.25) is 0 Å². The fourth-order valence-electron chi connectivity index (χ4n) is 8.86. The Hall–Kier alpha value is -0.340. The lowest BCUT2D eigenvalue weighted by Crippen LogP contribution is -2.58. The van der Waals surface area contributed by atoms with Crippen molar-refractivity contribution in [2.45, 2.75) is 111 Å². The van der Waals surface area contributed by atoms with Crippen LogP contribution in [-0.4, -0.2) is 22.4 Å². The number of allylic oxidation sites excluding steroid dienone is 1. The van der Waals surface area contributed by atoms with Crippen molar-refractivity contribution in [2.24, 2.45) is 46.3 Å². The number of hydrogen-bond acceptors (Lipinski definition) is 2. The fraction of sp³-hybridized carbons (Fsp3) is 0.926. The second-order valence-electron chi connectivity index (χ2n) is 12.3. The molecule has 0 aromatic heterocycles. The third-order valence-corrected chi connectivity index (χ3v) is 10.4.